The van der Waals surface area contributed by atoms with Gasteiger partial charge >= 0.3 is 0 Å². The molecule has 0 amide bonds. The molecule has 3 atom stereocenters. The summed E-state index contributed by atoms with van der Waals surface area (Å²) in [7, 11) is 0. The zero-order chi connectivity index (χ0) is 14.1. The number of hydrogen-bond acceptors (Lipinski definition) is 1. The van der Waals surface area contributed by atoms with E-state index in [0.29, 0.717) is 12.0 Å². The topological polar surface area (TPSA) is 41.6 Å². The van der Waals surface area contributed by atoms with Crippen LogP contribution >= 0.6 is 0 Å². The van der Waals surface area contributed by atoms with Crippen LogP contribution < -0.4 is 5.73 Å². The Balaban J connectivity index is 1.64. The average Bonchev–Trinajstić information content (AvgIpc) is 3.18. The lowest BCUT2D eigenvalue weighted by Crippen LogP contribution is -2.43. The fraction of sp³-hybridized carbons (Fsp3) is 0.588. The molecule has 2 fully saturated rings. The summed E-state index contributed by atoms with van der Waals surface area (Å²) in [4.78, 5) is 7.03. The molecule has 3 unspecified atom stereocenters. The normalized spacial score (nSPS) is 30.4. The fourth-order valence-corrected chi connectivity index (χ4v) is 3.31. The first-order chi connectivity index (χ1) is 9.65. The Morgan fingerprint density at radius 1 is 1.35 bits per heavy atom. The molecule has 3 heteroatoms. The first-order valence-electron chi connectivity index (χ1n) is 7.79. The van der Waals surface area contributed by atoms with Crippen LogP contribution in [0, 0.1) is 12.8 Å². The molecule has 0 spiro atoms. The van der Waals surface area contributed by atoms with E-state index < -0.39 is 0 Å². The van der Waals surface area contributed by atoms with Crippen LogP contribution in [0.15, 0.2) is 29.3 Å². The molecular formula is C17H25N3. The highest BCUT2D eigenvalue weighted by atomic mass is 15.3. The highest BCUT2D eigenvalue weighted by Gasteiger charge is 2.39. The summed E-state index contributed by atoms with van der Waals surface area (Å²) in [6.07, 6.45) is 3.71. The van der Waals surface area contributed by atoms with Crippen molar-refractivity contribution in [3.63, 3.8) is 0 Å². The van der Waals surface area contributed by atoms with Crippen LogP contribution in [-0.2, 0) is 0 Å². The molecule has 108 valence electrons. The van der Waals surface area contributed by atoms with Gasteiger partial charge in [0.1, 0.15) is 0 Å². The Labute approximate surface area is 121 Å². The molecule has 1 aromatic rings. The second-order valence-corrected chi connectivity index (χ2v) is 6.45. The van der Waals surface area contributed by atoms with Crippen LogP contribution in [0.3, 0.4) is 0 Å². The van der Waals surface area contributed by atoms with Crippen LogP contribution in [-0.4, -0.2) is 30.0 Å². The molecule has 0 radical (unpaired) electrons. The molecule has 2 aliphatic rings. The predicted molar refractivity (Wildman–Crippen MR) is 83.9 cm³/mol. The number of benzene rings is 1. The lowest BCUT2D eigenvalue weighted by atomic mass is 10.0. The first kappa shape index (κ1) is 13.5. The summed E-state index contributed by atoms with van der Waals surface area (Å²) in [5, 5.41) is 0. The van der Waals surface area contributed by atoms with Crippen molar-refractivity contribution >= 4 is 5.96 Å². The predicted octanol–water partition coefficient (Wildman–Crippen LogP) is 2.90. The highest BCUT2D eigenvalue weighted by Crippen LogP contribution is 2.44. The van der Waals surface area contributed by atoms with Crippen molar-refractivity contribution in [2.45, 2.75) is 45.1 Å². The van der Waals surface area contributed by atoms with Crippen LogP contribution in [0.2, 0.25) is 0 Å². The Morgan fingerprint density at radius 3 is 2.90 bits per heavy atom. The second kappa shape index (κ2) is 5.47. The third kappa shape index (κ3) is 2.82. The SMILES string of the molecule is Cc1ccccc1C1CC1N=C(N)N1CCCC(C)C1. The van der Waals surface area contributed by atoms with Crippen LogP contribution in [0.5, 0.6) is 0 Å². The molecule has 2 N–H and O–H groups in total. The minimum Gasteiger partial charge on any atom is -0.370 e. The van der Waals surface area contributed by atoms with Gasteiger partial charge in [0.2, 0.25) is 0 Å². The Morgan fingerprint density at radius 2 is 2.15 bits per heavy atom. The molecule has 1 saturated heterocycles. The van der Waals surface area contributed by atoms with E-state index in [1.54, 1.807) is 0 Å². The third-order valence-electron chi connectivity index (χ3n) is 4.62. The van der Waals surface area contributed by atoms with Crippen LogP contribution in [0.1, 0.15) is 43.2 Å². The van der Waals surface area contributed by atoms with E-state index in [1.165, 1.54) is 24.0 Å². The van der Waals surface area contributed by atoms with Gasteiger partial charge in [0.05, 0.1) is 6.04 Å². The van der Waals surface area contributed by atoms with Crippen molar-refractivity contribution < 1.29 is 0 Å². The van der Waals surface area contributed by atoms with E-state index in [4.69, 9.17) is 10.7 Å². The second-order valence-electron chi connectivity index (χ2n) is 6.45. The van der Waals surface area contributed by atoms with E-state index in [0.717, 1.165) is 31.4 Å². The lowest BCUT2D eigenvalue weighted by Gasteiger charge is -2.31. The summed E-state index contributed by atoms with van der Waals surface area (Å²) in [6, 6.07) is 9.03. The number of hydrogen-bond donors (Lipinski definition) is 1. The summed E-state index contributed by atoms with van der Waals surface area (Å²) in [5.41, 5.74) is 9.03. The van der Waals surface area contributed by atoms with Gasteiger partial charge in [-0.25, -0.2) is 4.99 Å². The lowest BCUT2D eigenvalue weighted by molar-refractivity contribution is 0.270. The smallest absolute Gasteiger partial charge is 0.191 e. The van der Waals surface area contributed by atoms with E-state index in [1.807, 2.05) is 0 Å². The van der Waals surface area contributed by atoms with Crippen LogP contribution in [0.25, 0.3) is 0 Å². The van der Waals surface area contributed by atoms with Crippen molar-refractivity contribution in [3.8, 4) is 0 Å². The van der Waals surface area contributed by atoms with Crippen molar-refractivity contribution in [1.82, 2.24) is 4.90 Å². The quantitative estimate of drug-likeness (QED) is 0.664. The molecule has 3 rings (SSSR count). The molecule has 0 aromatic heterocycles. The largest absolute Gasteiger partial charge is 0.370 e. The van der Waals surface area contributed by atoms with Gasteiger partial charge in [-0.15, -0.1) is 0 Å². The van der Waals surface area contributed by atoms with Gasteiger partial charge in [-0.3, -0.25) is 0 Å². The average molecular weight is 271 g/mol. The van der Waals surface area contributed by atoms with Gasteiger partial charge in [0.15, 0.2) is 5.96 Å². The minimum absolute atomic E-state index is 0.397. The molecule has 3 nitrogen and oxygen atoms in total. The van der Waals surface area contributed by atoms with E-state index >= 15 is 0 Å². The number of piperidine rings is 1. The van der Waals surface area contributed by atoms with Crippen molar-refractivity contribution in [2.75, 3.05) is 13.1 Å². The standard InChI is InChI=1S/C17H25N3/c1-12-6-5-9-20(11-12)17(18)19-16-10-15(16)14-8-4-3-7-13(14)2/h3-4,7-8,12,15-16H,5-6,9-11H2,1-2H3,(H2,18,19). The minimum atomic E-state index is 0.397. The molecule has 1 aliphatic carbocycles. The van der Waals surface area contributed by atoms with Crippen LogP contribution in [0.4, 0.5) is 0 Å². The first-order valence-corrected chi connectivity index (χ1v) is 7.79. The van der Waals surface area contributed by atoms with Gasteiger partial charge in [-0.2, -0.15) is 0 Å². The van der Waals surface area contributed by atoms with Crippen molar-refractivity contribution in [1.29, 1.82) is 0 Å². The Bertz CT molecular complexity index is 509. The monoisotopic (exact) mass is 271 g/mol. The number of guanidine groups is 1. The number of nitrogens with two attached hydrogens (primary N) is 1. The Kier molecular flexibility index (Phi) is 3.68. The van der Waals surface area contributed by atoms with Gasteiger partial charge in [0.25, 0.3) is 0 Å². The maximum absolute atomic E-state index is 6.21. The van der Waals surface area contributed by atoms with Gasteiger partial charge < -0.3 is 10.6 Å². The molecule has 1 aliphatic heterocycles. The van der Waals surface area contributed by atoms with Crippen molar-refractivity contribution in [2.24, 2.45) is 16.6 Å². The van der Waals surface area contributed by atoms with E-state index in [-0.39, 0.29) is 0 Å². The van der Waals surface area contributed by atoms with Gasteiger partial charge in [0, 0.05) is 19.0 Å². The van der Waals surface area contributed by atoms with Crippen molar-refractivity contribution in [3.05, 3.63) is 35.4 Å². The summed E-state index contributed by atoms with van der Waals surface area (Å²) in [6.45, 7) is 6.62. The third-order valence-corrected chi connectivity index (χ3v) is 4.62. The number of rotatable bonds is 2. The summed E-state index contributed by atoms with van der Waals surface area (Å²) < 4.78 is 0. The molecule has 0 bridgehead atoms. The van der Waals surface area contributed by atoms with E-state index in [2.05, 4.69) is 43.0 Å². The molecule has 1 heterocycles. The maximum atomic E-state index is 6.21. The summed E-state index contributed by atoms with van der Waals surface area (Å²) in [5.74, 6) is 2.08. The highest BCUT2D eigenvalue weighted by molar-refractivity contribution is 5.78. The maximum Gasteiger partial charge on any atom is 0.191 e. The molecule has 1 aromatic carbocycles. The number of likely N-dealkylation sites (tertiary alicyclic amines) is 1. The molecular weight excluding hydrogens is 246 g/mol. The number of nitrogens with zero attached hydrogens (tertiary/aromatic N) is 2. The summed E-state index contributed by atoms with van der Waals surface area (Å²) >= 11 is 0. The molecule has 1 saturated carbocycles. The zero-order valence-electron chi connectivity index (χ0n) is 12.5. The fourth-order valence-electron chi connectivity index (χ4n) is 3.31. The number of aryl methyl sites for hydroxylation is 1. The number of aliphatic imine (C=N–C) groups is 1. The molecule has 20 heavy (non-hydrogen) atoms. The van der Waals surface area contributed by atoms with Gasteiger partial charge in [-0.05, 0) is 43.2 Å². The Hall–Kier alpha value is -1.51. The zero-order valence-corrected chi connectivity index (χ0v) is 12.5. The van der Waals surface area contributed by atoms with E-state index in [9.17, 15) is 0 Å². The van der Waals surface area contributed by atoms with Gasteiger partial charge in [-0.1, -0.05) is 31.2 Å².